The van der Waals surface area contributed by atoms with Gasteiger partial charge in [-0.2, -0.15) is 0 Å². The van der Waals surface area contributed by atoms with Crippen molar-refractivity contribution in [3.05, 3.63) is 117 Å². The minimum Gasteiger partial charge on any atom is -0.335 e. The third-order valence-corrected chi connectivity index (χ3v) is 21.0. The fourth-order valence-electron chi connectivity index (χ4n) is 15.7. The van der Waals surface area contributed by atoms with Crippen LogP contribution in [0.1, 0.15) is 191 Å². The summed E-state index contributed by atoms with van der Waals surface area (Å²) in [5.74, 6) is 0. The molecular weight excluding hydrogens is 854 g/mol. The van der Waals surface area contributed by atoms with E-state index in [4.69, 9.17) is 0 Å². The van der Waals surface area contributed by atoms with Gasteiger partial charge in [-0.15, -0.1) is 11.3 Å². The normalized spacial score (nSPS) is 25.7. The van der Waals surface area contributed by atoms with Crippen LogP contribution in [0, 0.1) is 27.7 Å². The van der Waals surface area contributed by atoms with Crippen molar-refractivity contribution in [1.29, 1.82) is 0 Å². The molecule has 5 heterocycles. The molecule has 2 fully saturated rings. The molecule has 4 unspecified atom stereocenters. The highest BCUT2D eigenvalue weighted by molar-refractivity contribution is 7.33. The molecule has 0 bridgehead atoms. The Morgan fingerprint density at radius 2 is 1.06 bits per heavy atom. The average Bonchev–Trinajstić information content (AvgIpc) is 3.81. The summed E-state index contributed by atoms with van der Waals surface area (Å²) in [6.07, 6.45) is 9.89. The summed E-state index contributed by atoms with van der Waals surface area (Å²) < 4.78 is 2.89. The monoisotopic (exact) mass is 932 g/mol. The fourth-order valence-corrected chi connectivity index (χ4v) is 17.0. The van der Waals surface area contributed by atoms with Gasteiger partial charge in [0, 0.05) is 54.1 Å². The molecule has 5 heteroatoms. The van der Waals surface area contributed by atoms with Crippen molar-refractivity contribution in [2.24, 2.45) is 0 Å². The van der Waals surface area contributed by atoms with Gasteiger partial charge in [-0.1, -0.05) is 144 Å². The van der Waals surface area contributed by atoms with E-state index < -0.39 is 0 Å². The van der Waals surface area contributed by atoms with Crippen LogP contribution in [-0.4, -0.2) is 17.8 Å². The summed E-state index contributed by atoms with van der Waals surface area (Å²) in [4.78, 5) is 8.72. The van der Waals surface area contributed by atoms with Crippen LogP contribution in [0.2, 0.25) is 0 Å². The molecule has 6 aliphatic rings. The zero-order valence-electron chi connectivity index (χ0n) is 45.3. The van der Waals surface area contributed by atoms with Crippen LogP contribution in [0.4, 0.5) is 39.8 Å². The van der Waals surface area contributed by atoms with Crippen molar-refractivity contribution in [3.63, 3.8) is 0 Å². The highest BCUT2D eigenvalue weighted by Gasteiger charge is 2.63. The lowest BCUT2D eigenvalue weighted by molar-refractivity contribution is 0.193. The summed E-state index contributed by atoms with van der Waals surface area (Å²) in [6, 6.07) is 28.2. The first-order chi connectivity index (χ1) is 32.2. The Hall–Kier alpha value is -4.48. The fraction of sp³-hybridized carbons (Fsp3) is 0.500. The summed E-state index contributed by atoms with van der Waals surface area (Å²) >= 11 is 2.07. The van der Waals surface area contributed by atoms with Crippen molar-refractivity contribution in [2.45, 2.75) is 207 Å². The molecule has 2 saturated carbocycles. The first kappa shape index (κ1) is 45.6. The van der Waals surface area contributed by atoms with Gasteiger partial charge < -0.3 is 14.7 Å². The quantitative estimate of drug-likeness (QED) is 0.160. The van der Waals surface area contributed by atoms with Crippen molar-refractivity contribution in [2.75, 3.05) is 14.7 Å². The van der Waals surface area contributed by atoms with Gasteiger partial charge in [-0.3, -0.25) is 0 Å². The number of anilines is 7. The summed E-state index contributed by atoms with van der Waals surface area (Å²) in [5.41, 5.74) is 26.0. The standard InChI is InChI=1S/C64H78BN3S/c1-37-30-38(2)52-56-51(37)62(15)27-19-21-29-64(62,17)68(56)49-36-44(67-47-24-22-42(59(8,9)10)34-46(47)61(14)26-18-20-28-63(61,67)16)35-48-53(49)65(52)57-55(45-33-41(58(5,6)7)23-25-50(45)69-57)66(48)54-39(3)31-43(32-40(54)4)60(11,12)13/h22-25,30-36H,18-21,26-29H2,1-17H3. The van der Waals surface area contributed by atoms with Gasteiger partial charge in [-0.05, 0) is 169 Å². The largest absolute Gasteiger partial charge is 0.335 e. The third kappa shape index (κ3) is 5.81. The van der Waals surface area contributed by atoms with Crippen molar-refractivity contribution < 1.29 is 0 Å². The Labute approximate surface area is 420 Å². The van der Waals surface area contributed by atoms with Crippen molar-refractivity contribution in [1.82, 2.24) is 0 Å². The van der Waals surface area contributed by atoms with Crippen LogP contribution in [0.15, 0.2) is 66.7 Å². The smallest absolute Gasteiger partial charge is 0.264 e. The number of aryl methyl sites for hydroxylation is 4. The lowest BCUT2D eigenvalue weighted by Gasteiger charge is -2.53. The molecule has 69 heavy (non-hydrogen) atoms. The number of hydrogen-bond donors (Lipinski definition) is 0. The maximum Gasteiger partial charge on any atom is 0.264 e. The van der Waals surface area contributed by atoms with Crippen LogP contribution in [-0.2, 0) is 27.1 Å². The first-order valence-electron chi connectivity index (χ1n) is 26.8. The topological polar surface area (TPSA) is 9.72 Å². The summed E-state index contributed by atoms with van der Waals surface area (Å²) in [6.45, 7) is 41.8. The SMILES string of the molecule is Cc1cc(C)c2c3c1B1c4sc5ccc(C(C)(C)C)cc5c4N(c4c(C)cc(C(C)(C)C)cc4C)c4cc(N5c6ccc(C(C)(C)C)cc6C6(C)CCCCC56C)cc(c41)N3C1(C)CCCCC21C. The van der Waals surface area contributed by atoms with Gasteiger partial charge in [-0.25, -0.2) is 0 Å². The minimum absolute atomic E-state index is 0.0138. The first-order valence-corrected chi connectivity index (χ1v) is 27.6. The highest BCUT2D eigenvalue weighted by Crippen LogP contribution is 2.66. The molecule has 358 valence electrons. The molecule has 0 spiro atoms. The summed E-state index contributed by atoms with van der Waals surface area (Å²) in [7, 11) is 0. The molecule has 0 radical (unpaired) electrons. The maximum absolute atomic E-state index is 2.99. The molecule has 1 aromatic heterocycles. The van der Waals surface area contributed by atoms with E-state index in [9.17, 15) is 0 Å². The maximum atomic E-state index is 2.99. The van der Waals surface area contributed by atoms with Gasteiger partial charge >= 0.3 is 0 Å². The number of hydrogen-bond acceptors (Lipinski definition) is 4. The predicted molar refractivity (Wildman–Crippen MR) is 302 cm³/mol. The van der Waals surface area contributed by atoms with Gasteiger partial charge in [0.25, 0.3) is 6.71 Å². The number of thiophene rings is 1. The van der Waals surface area contributed by atoms with Gasteiger partial charge in [0.2, 0.25) is 0 Å². The molecular formula is C64H78BN3S. The summed E-state index contributed by atoms with van der Waals surface area (Å²) in [5, 5.41) is 1.39. The second kappa shape index (κ2) is 14.1. The second-order valence-electron chi connectivity index (χ2n) is 27.1. The Balaban J connectivity index is 1.26. The van der Waals surface area contributed by atoms with Gasteiger partial charge in [0.1, 0.15) is 0 Å². The lowest BCUT2D eigenvalue weighted by atomic mass is 9.35. The number of benzene rings is 5. The van der Waals surface area contributed by atoms with Gasteiger partial charge in [0.15, 0.2) is 0 Å². The van der Waals surface area contributed by atoms with Crippen LogP contribution >= 0.6 is 11.3 Å². The number of rotatable bonds is 2. The Morgan fingerprint density at radius 1 is 0.493 bits per heavy atom. The third-order valence-electron chi connectivity index (χ3n) is 19.8. The van der Waals surface area contributed by atoms with Crippen molar-refractivity contribution in [3.8, 4) is 0 Å². The Bertz CT molecular complexity index is 3200. The van der Waals surface area contributed by atoms with E-state index in [0.29, 0.717) is 0 Å². The van der Waals surface area contributed by atoms with E-state index in [-0.39, 0.29) is 44.9 Å². The molecule has 0 N–H and O–H groups in total. The molecule has 3 nitrogen and oxygen atoms in total. The zero-order valence-corrected chi connectivity index (χ0v) is 46.2. The Kier molecular flexibility index (Phi) is 9.35. The van der Waals surface area contributed by atoms with Crippen LogP contribution in [0.3, 0.4) is 0 Å². The zero-order chi connectivity index (χ0) is 49.1. The average molecular weight is 932 g/mol. The molecule has 0 amide bonds. The van der Waals surface area contributed by atoms with E-state index in [1.807, 2.05) is 0 Å². The lowest BCUT2D eigenvalue weighted by Crippen LogP contribution is -2.64. The molecule has 0 saturated heterocycles. The minimum atomic E-state index is -0.0921. The Morgan fingerprint density at radius 3 is 1.70 bits per heavy atom. The van der Waals surface area contributed by atoms with E-state index >= 15 is 0 Å². The van der Waals surface area contributed by atoms with Gasteiger partial charge in [0.05, 0.1) is 22.5 Å². The van der Waals surface area contributed by atoms with Crippen LogP contribution < -0.4 is 30.4 Å². The molecule has 12 rings (SSSR count). The molecule has 5 aromatic carbocycles. The van der Waals surface area contributed by atoms with Crippen LogP contribution in [0.25, 0.3) is 10.1 Å². The van der Waals surface area contributed by atoms with Crippen molar-refractivity contribution >= 4 is 83.6 Å². The molecule has 2 aliphatic carbocycles. The van der Waals surface area contributed by atoms with E-state index in [0.717, 1.165) is 0 Å². The van der Waals surface area contributed by atoms with E-state index in [2.05, 4.69) is 210 Å². The molecule has 6 aromatic rings. The van der Waals surface area contributed by atoms with Crippen LogP contribution in [0.5, 0.6) is 0 Å². The van der Waals surface area contributed by atoms with E-state index in [1.165, 1.54) is 145 Å². The predicted octanol–water partition coefficient (Wildman–Crippen LogP) is 16.1. The number of nitrogens with zero attached hydrogens (tertiary/aromatic N) is 3. The molecule has 4 aliphatic heterocycles. The second-order valence-corrected chi connectivity index (χ2v) is 28.2. The highest BCUT2D eigenvalue weighted by atomic mass is 32.1. The van der Waals surface area contributed by atoms with E-state index in [1.54, 1.807) is 22.3 Å². The molecule has 4 atom stereocenters. The number of fused-ring (bicyclic) bond motifs is 12.